The molecule has 1 aliphatic carbocycles. The second-order valence-corrected chi connectivity index (χ2v) is 7.41. The number of methoxy groups -OCH3 is 1. The molecule has 7 heteroatoms. The van der Waals surface area contributed by atoms with E-state index in [2.05, 4.69) is 9.55 Å². The summed E-state index contributed by atoms with van der Waals surface area (Å²) in [6.07, 6.45) is 7.90. The molecule has 0 atom stereocenters. The molecule has 2 aromatic rings. The number of aromatic nitrogens is 2. The highest BCUT2D eigenvalue weighted by molar-refractivity contribution is 5.95. The van der Waals surface area contributed by atoms with E-state index in [1.807, 2.05) is 12.4 Å². The van der Waals surface area contributed by atoms with Crippen molar-refractivity contribution in [2.24, 2.45) is 5.92 Å². The van der Waals surface area contributed by atoms with Crippen LogP contribution >= 0.6 is 0 Å². The molecule has 0 spiro atoms. The first-order valence-electron chi connectivity index (χ1n) is 9.40. The van der Waals surface area contributed by atoms with E-state index in [1.54, 1.807) is 0 Å². The number of carbonyl (C=O) groups is 1. The Hall–Kier alpha value is -2.44. The summed E-state index contributed by atoms with van der Waals surface area (Å²) < 4.78 is 35.5. The van der Waals surface area contributed by atoms with Crippen LogP contribution in [0.4, 0.5) is 8.78 Å². The highest BCUT2D eigenvalue weighted by Gasteiger charge is 2.31. The molecule has 0 unspecified atom stereocenters. The van der Waals surface area contributed by atoms with Gasteiger partial charge in [0.05, 0.1) is 7.11 Å². The number of amides is 1. The summed E-state index contributed by atoms with van der Waals surface area (Å²) in [4.78, 5) is 18.7. The third-order valence-corrected chi connectivity index (χ3v) is 5.51. The average molecular weight is 375 g/mol. The number of carbonyl (C=O) groups excluding carboxylic acids is 1. The van der Waals surface area contributed by atoms with E-state index in [9.17, 15) is 13.6 Å². The fourth-order valence-electron chi connectivity index (χ4n) is 3.78. The maximum Gasteiger partial charge on any atom is 0.259 e. The minimum Gasteiger partial charge on any atom is -0.497 e. The second-order valence-electron chi connectivity index (χ2n) is 7.41. The monoisotopic (exact) mass is 375 g/mol. The molecular formula is C20H23F2N3O2. The van der Waals surface area contributed by atoms with Crippen LogP contribution in [0.25, 0.3) is 0 Å². The van der Waals surface area contributed by atoms with Gasteiger partial charge in [0.25, 0.3) is 5.91 Å². The van der Waals surface area contributed by atoms with Crippen molar-refractivity contribution in [3.63, 3.8) is 0 Å². The Bertz CT molecular complexity index is 816. The molecule has 1 saturated heterocycles. The summed E-state index contributed by atoms with van der Waals surface area (Å²) in [5.74, 6) is -0.224. The lowest BCUT2D eigenvalue weighted by molar-refractivity contribution is 0.0700. The SMILES string of the molecule is COc1cc(F)c(C(=O)N2CCC(c3nccn3CC3CC3)CC2)c(F)c1. The number of piperidine rings is 1. The predicted octanol–water partition coefficient (Wildman–Crippen LogP) is 3.60. The molecule has 0 bridgehead atoms. The van der Waals surface area contributed by atoms with E-state index in [0.29, 0.717) is 13.1 Å². The van der Waals surface area contributed by atoms with Crippen LogP contribution in [0.5, 0.6) is 5.75 Å². The van der Waals surface area contributed by atoms with Gasteiger partial charge in [0.15, 0.2) is 0 Å². The first-order chi connectivity index (χ1) is 13.1. The number of rotatable bonds is 5. The number of ether oxygens (including phenoxy) is 1. The van der Waals surface area contributed by atoms with Gasteiger partial charge in [0.1, 0.15) is 28.8 Å². The van der Waals surface area contributed by atoms with E-state index >= 15 is 0 Å². The van der Waals surface area contributed by atoms with Crippen molar-refractivity contribution < 1.29 is 18.3 Å². The molecule has 1 amide bonds. The molecular weight excluding hydrogens is 352 g/mol. The van der Waals surface area contributed by atoms with Gasteiger partial charge in [-0.1, -0.05) is 0 Å². The quantitative estimate of drug-likeness (QED) is 0.802. The fourth-order valence-corrected chi connectivity index (χ4v) is 3.78. The van der Waals surface area contributed by atoms with Crippen molar-refractivity contribution in [3.05, 3.63) is 47.5 Å². The number of likely N-dealkylation sites (tertiary alicyclic amines) is 1. The van der Waals surface area contributed by atoms with E-state index in [4.69, 9.17) is 4.74 Å². The first-order valence-corrected chi connectivity index (χ1v) is 9.40. The smallest absolute Gasteiger partial charge is 0.259 e. The number of hydrogen-bond donors (Lipinski definition) is 0. The normalized spacial score (nSPS) is 18.0. The lowest BCUT2D eigenvalue weighted by Crippen LogP contribution is -2.39. The summed E-state index contributed by atoms with van der Waals surface area (Å²) in [5.41, 5.74) is -0.510. The minimum atomic E-state index is -0.890. The molecule has 1 aliphatic heterocycles. The van der Waals surface area contributed by atoms with Crippen molar-refractivity contribution in [3.8, 4) is 5.75 Å². The Balaban J connectivity index is 1.43. The van der Waals surface area contributed by atoms with Crippen molar-refractivity contribution in [2.75, 3.05) is 20.2 Å². The van der Waals surface area contributed by atoms with Crippen LogP contribution in [0.15, 0.2) is 24.5 Å². The van der Waals surface area contributed by atoms with Crippen molar-refractivity contribution in [1.82, 2.24) is 14.5 Å². The zero-order valence-corrected chi connectivity index (χ0v) is 15.3. The van der Waals surface area contributed by atoms with Gasteiger partial charge in [-0.05, 0) is 31.6 Å². The van der Waals surface area contributed by atoms with Gasteiger partial charge >= 0.3 is 0 Å². The van der Waals surface area contributed by atoms with Crippen LogP contribution < -0.4 is 4.74 Å². The molecule has 5 nitrogen and oxygen atoms in total. The predicted molar refractivity (Wildman–Crippen MR) is 95.7 cm³/mol. The molecule has 0 N–H and O–H groups in total. The van der Waals surface area contributed by atoms with Gasteiger partial charge in [-0.15, -0.1) is 0 Å². The van der Waals surface area contributed by atoms with Crippen molar-refractivity contribution in [2.45, 2.75) is 38.1 Å². The Kier molecular flexibility index (Phi) is 4.85. The van der Waals surface area contributed by atoms with Crippen molar-refractivity contribution in [1.29, 1.82) is 0 Å². The molecule has 144 valence electrons. The third kappa shape index (κ3) is 3.68. The molecule has 2 fully saturated rings. The molecule has 4 rings (SSSR count). The van der Waals surface area contributed by atoms with Gasteiger partial charge in [0, 0.05) is 50.1 Å². The van der Waals surface area contributed by atoms with E-state index in [1.165, 1.54) is 24.9 Å². The first kappa shape index (κ1) is 17.9. The molecule has 1 aromatic carbocycles. The number of hydrogen-bond acceptors (Lipinski definition) is 3. The number of nitrogens with zero attached hydrogens (tertiary/aromatic N) is 3. The Morgan fingerprint density at radius 2 is 1.85 bits per heavy atom. The van der Waals surface area contributed by atoms with Crippen LogP contribution in [-0.4, -0.2) is 40.6 Å². The molecule has 2 aliphatic rings. The van der Waals surface area contributed by atoms with Crippen LogP contribution in [0.2, 0.25) is 0 Å². The van der Waals surface area contributed by atoms with Crippen LogP contribution in [0.3, 0.4) is 0 Å². The summed E-state index contributed by atoms with van der Waals surface area (Å²) in [5, 5.41) is 0. The third-order valence-electron chi connectivity index (χ3n) is 5.51. The summed E-state index contributed by atoms with van der Waals surface area (Å²) >= 11 is 0. The van der Waals surface area contributed by atoms with E-state index in [0.717, 1.165) is 43.3 Å². The summed E-state index contributed by atoms with van der Waals surface area (Å²) in [7, 11) is 1.33. The maximum atomic E-state index is 14.2. The highest BCUT2D eigenvalue weighted by Crippen LogP contribution is 2.34. The van der Waals surface area contributed by atoms with Gasteiger partial charge in [0.2, 0.25) is 0 Å². The zero-order valence-electron chi connectivity index (χ0n) is 15.3. The summed E-state index contributed by atoms with van der Waals surface area (Å²) in [6.45, 7) is 1.94. The fraction of sp³-hybridized carbons (Fsp3) is 0.500. The van der Waals surface area contributed by atoms with Crippen molar-refractivity contribution >= 4 is 5.91 Å². The minimum absolute atomic E-state index is 0.0581. The van der Waals surface area contributed by atoms with Crippen LogP contribution in [0.1, 0.15) is 47.8 Å². The zero-order chi connectivity index (χ0) is 19.0. The standard InChI is InChI=1S/C20H23F2N3O2/c1-27-15-10-16(21)18(17(22)11-15)20(26)24-7-4-14(5-8-24)19-23-6-9-25(19)12-13-2-3-13/h6,9-11,13-14H,2-5,7-8,12H2,1H3. The van der Waals surface area contributed by atoms with Gasteiger partial charge < -0.3 is 14.2 Å². The highest BCUT2D eigenvalue weighted by atomic mass is 19.1. The maximum absolute atomic E-state index is 14.2. The second kappa shape index (κ2) is 7.29. The van der Waals surface area contributed by atoms with Crippen LogP contribution in [-0.2, 0) is 6.54 Å². The van der Waals surface area contributed by atoms with Crippen LogP contribution in [0, 0.1) is 17.6 Å². The summed E-state index contributed by atoms with van der Waals surface area (Å²) in [6, 6.07) is 2.08. The lowest BCUT2D eigenvalue weighted by atomic mass is 9.95. The Labute approximate surface area is 156 Å². The molecule has 1 saturated carbocycles. The van der Waals surface area contributed by atoms with Gasteiger partial charge in [-0.25, -0.2) is 13.8 Å². The Morgan fingerprint density at radius 1 is 1.19 bits per heavy atom. The van der Waals surface area contributed by atoms with Gasteiger partial charge in [-0.2, -0.15) is 0 Å². The molecule has 1 aromatic heterocycles. The van der Waals surface area contributed by atoms with E-state index in [-0.39, 0.29) is 11.7 Å². The lowest BCUT2D eigenvalue weighted by Gasteiger charge is -2.32. The average Bonchev–Trinajstić information content (AvgIpc) is 3.36. The molecule has 0 radical (unpaired) electrons. The number of imidazole rings is 1. The number of halogens is 2. The number of benzene rings is 1. The topological polar surface area (TPSA) is 47.4 Å². The molecule has 27 heavy (non-hydrogen) atoms. The molecule has 2 heterocycles. The van der Waals surface area contributed by atoms with Gasteiger partial charge in [-0.3, -0.25) is 4.79 Å². The largest absolute Gasteiger partial charge is 0.497 e. The Morgan fingerprint density at radius 3 is 2.44 bits per heavy atom. The van der Waals surface area contributed by atoms with E-state index < -0.39 is 23.1 Å².